The van der Waals surface area contributed by atoms with Crippen LogP contribution in [-0.4, -0.2) is 66.3 Å². The Bertz CT molecular complexity index is 502. The number of aliphatic hydroxyl groups is 1. The van der Waals surface area contributed by atoms with Gasteiger partial charge in [0.1, 0.15) is 12.7 Å². The van der Waals surface area contributed by atoms with Crippen molar-refractivity contribution in [3.63, 3.8) is 0 Å². The molecule has 0 unspecified atom stereocenters. The summed E-state index contributed by atoms with van der Waals surface area (Å²) >= 11 is 0. The van der Waals surface area contributed by atoms with Gasteiger partial charge in [0.05, 0.1) is 0 Å². The molecule has 0 aromatic rings. The first-order chi connectivity index (χ1) is 11.1. The Balaban J connectivity index is 3.03. The molecule has 0 spiro atoms. The summed E-state index contributed by atoms with van der Waals surface area (Å²) in [6.45, 7) is 4.10. The van der Waals surface area contributed by atoms with Crippen LogP contribution < -0.4 is 0 Å². The van der Waals surface area contributed by atoms with E-state index in [0.717, 1.165) is 27.7 Å². The zero-order valence-corrected chi connectivity index (χ0v) is 13.7. The van der Waals surface area contributed by atoms with Gasteiger partial charge in [-0.1, -0.05) is 0 Å². The molecule has 136 valence electrons. The van der Waals surface area contributed by atoms with Crippen molar-refractivity contribution < 1.29 is 48.0 Å². The van der Waals surface area contributed by atoms with E-state index >= 15 is 0 Å². The lowest BCUT2D eigenvalue weighted by Crippen LogP contribution is -2.46. The van der Waals surface area contributed by atoms with E-state index in [1.165, 1.54) is 0 Å². The summed E-state index contributed by atoms with van der Waals surface area (Å²) in [5.41, 5.74) is 0. The highest BCUT2D eigenvalue weighted by Gasteiger charge is 2.52. The molecule has 10 nitrogen and oxygen atoms in total. The van der Waals surface area contributed by atoms with Crippen molar-refractivity contribution in [3.8, 4) is 0 Å². The van der Waals surface area contributed by atoms with Crippen LogP contribution in [-0.2, 0) is 42.9 Å². The van der Waals surface area contributed by atoms with Crippen LogP contribution in [0.1, 0.15) is 27.7 Å². The van der Waals surface area contributed by atoms with Gasteiger partial charge in [-0.15, -0.1) is 0 Å². The lowest BCUT2D eigenvalue weighted by atomic mass is 10.1. The van der Waals surface area contributed by atoms with Gasteiger partial charge in [0, 0.05) is 27.7 Å². The summed E-state index contributed by atoms with van der Waals surface area (Å²) in [7, 11) is 0. The van der Waals surface area contributed by atoms with Gasteiger partial charge < -0.3 is 28.8 Å². The lowest BCUT2D eigenvalue weighted by Gasteiger charge is -2.27. The SMILES string of the molecule is CC(=O)OC[C@@H](OC(C)=O)[C@H]1O[C@@H](O)[C@@H](OC(C)=O)[C@@H]1OC(C)=O. The fourth-order valence-corrected chi connectivity index (χ4v) is 2.22. The normalized spacial score (nSPS) is 27.0. The van der Waals surface area contributed by atoms with E-state index in [1.54, 1.807) is 0 Å². The van der Waals surface area contributed by atoms with Crippen LogP contribution in [0, 0.1) is 0 Å². The van der Waals surface area contributed by atoms with Crippen molar-refractivity contribution in [2.75, 3.05) is 6.61 Å². The molecule has 1 N–H and O–H groups in total. The summed E-state index contributed by atoms with van der Waals surface area (Å²) in [4.78, 5) is 44.7. The highest BCUT2D eigenvalue weighted by atomic mass is 16.7. The zero-order valence-electron chi connectivity index (χ0n) is 13.7. The average Bonchev–Trinajstić information content (AvgIpc) is 2.70. The second-order valence-corrected chi connectivity index (χ2v) is 5.09. The maximum atomic E-state index is 11.3. The molecule has 0 bridgehead atoms. The van der Waals surface area contributed by atoms with Gasteiger partial charge in [-0.05, 0) is 0 Å². The van der Waals surface area contributed by atoms with E-state index in [4.69, 9.17) is 23.7 Å². The minimum atomic E-state index is -1.61. The molecule has 1 fully saturated rings. The molecular weight excluding hydrogens is 328 g/mol. The Hall–Kier alpha value is -2.20. The van der Waals surface area contributed by atoms with E-state index in [9.17, 15) is 24.3 Å². The Morgan fingerprint density at radius 2 is 1.46 bits per heavy atom. The number of rotatable bonds is 6. The molecule has 1 saturated heterocycles. The predicted molar refractivity (Wildman–Crippen MR) is 74.2 cm³/mol. The van der Waals surface area contributed by atoms with Crippen molar-refractivity contribution in [1.82, 2.24) is 0 Å². The fraction of sp³-hybridized carbons (Fsp3) is 0.714. The van der Waals surface area contributed by atoms with E-state index < -0.39 is 61.2 Å². The van der Waals surface area contributed by atoms with Crippen LogP contribution in [0.2, 0.25) is 0 Å². The monoisotopic (exact) mass is 348 g/mol. The Labute approximate surface area is 137 Å². The van der Waals surface area contributed by atoms with Crippen molar-refractivity contribution in [2.24, 2.45) is 0 Å². The van der Waals surface area contributed by atoms with Crippen molar-refractivity contribution >= 4 is 23.9 Å². The maximum absolute atomic E-state index is 11.3. The lowest BCUT2D eigenvalue weighted by molar-refractivity contribution is -0.184. The minimum Gasteiger partial charge on any atom is -0.462 e. The molecule has 1 rings (SSSR count). The highest BCUT2D eigenvalue weighted by molar-refractivity contribution is 5.68. The van der Waals surface area contributed by atoms with Crippen molar-refractivity contribution in [2.45, 2.75) is 58.4 Å². The number of hydrogen-bond donors (Lipinski definition) is 1. The first-order valence-corrected chi connectivity index (χ1v) is 7.10. The third-order valence-electron chi connectivity index (χ3n) is 2.96. The quantitative estimate of drug-likeness (QED) is 0.473. The molecule has 0 aromatic heterocycles. The third-order valence-corrected chi connectivity index (χ3v) is 2.96. The number of ether oxygens (including phenoxy) is 5. The molecule has 1 aliphatic rings. The van der Waals surface area contributed by atoms with Gasteiger partial charge in [-0.25, -0.2) is 0 Å². The van der Waals surface area contributed by atoms with Gasteiger partial charge in [0.25, 0.3) is 0 Å². The summed E-state index contributed by atoms with van der Waals surface area (Å²) in [6, 6.07) is 0. The smallest absolute Gasteiger partial charge is 0.303 e. The largest absolute Gasteiger partial charge is 0.462 e. The van der Waals surface area contributed by atoms with Crippen LogP contribution >= 0.6 is 0 Å². The summed E-state index contributed by atoms with van der Waals surface area (Å²) in [5, 5.41) is 9.91. The standard InChI is InChI=1S/C14H20O10/c1-6(15)20-5-10(21-7(2)16)11-12(22-8(3)17)13(14(19)24-11)23-9(4)18/h10-14,19H,5H2,1-4H3/t10-,11-,12-,13+,14-/m1/s1. The summed E-state index contributed by atoms with van der Waals surface area (Å²) in [5.74, 6) is -2.80. The van der Waals surface area contributed by atoms with Crippen LogP contribution in [0.5, 0.6) is 0 Å². The Morgan fingerprint density at radius 3 is 1.92 bits per heavy atom. The van der Waals surface area contributed by atoms with E-state index in [-0.39, 0.29) is 0 Å². The first-order valence-electron chi connectivity index (χ1n) is 7.10. The molecular formula is C14H20O10. The molecule has 1 aliphatic heterocycles. The highest BCUT2D eigenvalue weighted by Crippen LogP contribution is 2.29. The van der Waals surface area contributed by atoms with E-state index in [2.05, 4.69) is 0 Å². The molecule has 0 amide bonds. The second-order valence-electron chi connectivity index (χ2n) is 5.09. The number of carbonyl (C=O) groups excluding carboxylic acids is 4. The molecule has 24 heavy (non-hydrogen) atoms. The molecule has 5 atom stereocenters. The van der Waals surface area contributed by atoms with Gasteiger partial charge in [0.2, 0.25) is 0 Å². The Morgan fingerprint density at radius 1 is 0.917 bits per heavy atom. The number of esters is 4. The number of hydrogen-bond acceptors (Lipinski definition) is 10. The van der Waals surface area contributed by atoms with Crippen molar-refractivity contribution in [1.29, 1.82) is 0 Å². The zero-order chi connectivity index (χ0) is 18.4. The topological polar surface area (TPSA) is 135 Å². The predicted octanol–water partition coefficient (Wildman–Crippen LogP) is -0.938. The number of aliphatic hydroxyl groups excluding tert-OH is 1. The molecule has 0 aromatic carbocycles. The first kappa shape index (κ1) is 19.8. The minimum absolute atomic E-state index is 0.392. The van der Waals surface area contributed by atoms with Crippen LogP contribution in [0.3, 0.4) is 0 Å². The fourth-order valence-electron chi connectivity index (χ4n) is 2.22. The van der Waals surface area contributed by atoms with Gasteiger partial charge in [-0.2, -0.15) is 0 Å². The second kappa shape index (κ2) is 8.60. The average molecular weight is 348 g/mol. The van der Waals surface area contributed by atoms with Crippen LogP contribution in [0.15, 0.2) is 0 Å². The summed E-state index contributed by atoms with van der Waals surface area (Å²) in [6.07, 6.45) is -6.55. The maximum Gasteiger partial charge on any atom is 0.303 e. The van der Waals surface area contributed by atoms with Gasteiger partial charge >= 0.3 is 23.9 Å². The molecule has 1 heterocycles. The number of carbonyl (C=O) groups is 4. The molecule has 0 radical (unpaired) electrons. The van der Waals surface area contributed by atoms with Gasteiger partial charge in [-0.3, -0.25) is 19.2 Å². The molecule has 0 saturated carbocycles. The van der Waals surface area contributed by atoms with Crippen LogP contribution in [0.25, 0.3) is 0 Å². The third kappa shape index (κ3) is 5.78. The summed E-state index contributed by atoms with van der Waals surface area (Å²) < 4.78 is 25.0. The van der Waals surface area contributed by atoms with E-state index in [0.29, 0.717) is 0 Å². The molecule has 0 aliphatic carbocycles. The van der Waals surface area contributed by atoms with Crippen molar-refractivity contribution in [3.05, 3.63) is 0 Å². The van der Waals surface area contributed by atoms with E-state index in [1.807, 2.05) is 0 Å². The van der Waals surface area contributed by atoms with Crippen LogP contribution in [0.4, 0.5) is 0 Å². The molecule has 10 heteroatoms. The Kier molecular flexibility index (Phi) is 7.11. The van der Waals surface area contributed by atoms with Gasteiger partial charge in [0.15, 0.2) is 24.6 Å².